The summed E-state index contributed by atoms with van der Waals surface area (Å²) in [6.07, 6.45) is 0.857. The summed E-state index contributed by atoms with van der Waals surface area (Å²) in [5.41, 5.74) is 3.79. The molecule has 3 heterocycles. The van der Waals surface area contributed by atoms with Gasteiger partial charge in [-0.15, -0.1) is 5.10 Å². The van der Waals surface area contributed by atoms with Crippen LogP contribution in [0.3, 0.4) is 0 Å². The molecule has 0 saturated carbocycles. The topological polar surface area (TPSA) is 120 Å². The van der Waals surface area contributed by atoms with E-state index in [-0.39, 0.29) is 12.0 Å². The molecule has 0 bridgehead atoms. The summed E-state index contributed by atoms with van der Waals surface area (Å²) in [5, 5.41) is 19.2. The smallest absolute Gasteiger partial charge is 0.248 e. The van der Waals surface area contributed by atoms with E-state index in [9.17, 15) is 14.8 Å². The molecule has 160 valence electrons. The highest BCUT2D eigenvalue weighted by molar-refractivity contribution is 5.90. The Balaban J connectivity index is 1.42. The number of nitrogens with zero attached hydrogens (tertiary/aromatic N) is 2. The van der Waals surface area contributed by atoms with Crippen LogP contribution in [-0.4, -0.2) is 63.9 Å². The number of rotatable bonds is 5. The van der Waals surface area contributed by atoms with Gasteiger partial charge in [0.2, 0.25) is 17.7 Å². The molecular weight excluding hydrogens is 386 g/mol. The fourth-order valence-corrected chi connectivity index (χ4v) is 4.37. The summed E-state index contributed by atoms with van der Waals surface area (Å²) in [4.78, 5) is 27.4. The number of aromatic amines is 1. The Bertz CT molecular complexity index is 887. The van der Waals surface area contributed by atoms with Gasteiger partial charge in [-0.3, -0.25) is 19.9 Å². The van der Waals surface area contributed by atoms with E-state index in [4.69, 9.17) is 4.74 Å². The molecule has 9 heteroatoms. The Kier molecular flexibility index (Phi) is 6.01. The fourth-order valence-electron chi connectivity index (χ4n) is 4.37. The lowest BCUT2D eigenvalue weighted by Gasteiger charge is -2.36. The van der Waals surface area contributed by atoms with Crippen molar-refractivity contribution in [3.8, 4) is 5.88 Å². The van der Waals surface area contributed by atoms with Crippen molar-refractivity contribution in [3.05, 3.63) is 47.7 Å². The largest absolute Gasteiger partial charge is 0.472 e. The minimum Gasteiger partial charge on any atom is -0.472 e. The summed E-state index contributed by atoms with van der Waals surface area (Å²) in [7, 11) is 0. The van der Waals surface area contributed by atoms with E-state index in [0.717, 1.165) is 12.1 Å². The fraction of sp³-hybridized carbons (Fsp3) is 0.476. The summed E-state index contributed by atoms with van der Waals surface area (Å²) in [6, 6.07) is 11.2. The van der Waals surface area contributed by atoms with Crippen LogP contribution < -0.4 is 15.5 Å². The lowest BCUT2D eigenvalue weighted by Crippen LogP contribution is -2.60. The summed E-state index contributed by atoms with van der Waals surface area (Å²) in [6.45, 7) is 3.55. The number of hydrogen-bond acceptors (Lipinski definition) is 6. The van der Waals surface area contributed by atoms with E-state index in [0.29, 0.717) is 37.9 Å². The molecule has 9 nitrogen and oxygen atoms in total. The highest BCUT2D eigenvalue weighted by atomic mass is 16.5. The first-order valence-corrected chi connectivity index (χ1v) is 10.2. The SMILES string of the molecule is Cc1cc(OC2CNC(C(=O)N3CC[C@H](c4ccccc4)C3)C(C(=O)NO)C2)n[nH]1. The van der Waals surface area contributed by atoms with Crippen LogP contribution in [0.2, 0.25) is 0 Å². The highest BCUT2D eigenvalue weighted by Crippen LogP contribution is 2.29. The normalized spacial score (nSPS) is 26.4. The van der Waals surface area contributed by atoms with Crippen molar-refractivity contribution in [2.75, 3.05) is 19.6 Å². The van der Waals surface area contributed by atoms with E-state index in [2.05, 4.69) is 27.6 Å². The van der Waals surface area contributed by atoms with Gasteiger partial charge in [-0.25, -0.2) is 5.48 Å². The molecule has 4 N–H and O–H groups in total. The zero-order valence-corrected chi connectivity index (χ0v) is 16.9. The third kappa shape index (κ3) is 4.31. The number of amides is 2. The molecule has 30 heavy (non-hydrogen) atoms. The monoisotopic (exact) mass is 413 g/mol. The molecule has 2 fully saturated rings. The van der Waals surface area contributed by atoms with Crippen LogP contribution in [0.25, 0.3) is 0 Å². The Morgan fingerprint density at radius 3 is 2.80 bits per heavy atom. The summed E-state index contributed by atoms with van der Waals surface area (Å²) in [5.74, 6) is -0.709. The van der Waals surface area contributed by atoms with Gasteiger partial charge in [0.05, 0.1) is 12.0 Å². The number of likely N-dealkylation sites (tertiary alicyclic amines) is 1. The standard InChI is InChI=1S/C21H27N5O4/c1-13-9-18(24-23-13)30-16-10-17(20(27)25-29)19(22-11-16)21(28)26-8-7-15(12-26)14-5-3-2-4-6-14/h2-6,9,15-17,19,22,29H,7-8,10-12H2,1H3,(H,23,24)(H,25,27)/t15-,16?,17?,19?/m0/s1. The number of benzene rings is 1. The van der Waals surface area contributed by atoms with E-state index in [1.807, 2.05) is 30.0 Å². The van der Waals surface area contributed by atoms with Crippen LogP contribution in [0.15, 0.2) is 36.4 Å². The van der Waals surface area contributed by atoms with E-state index >= 15 is 0 Å². The second-order valence-electron chi connectivity index (χ2n) is 8.01. The number of carbonyl (C=O) groups is 2. The van der Waals surface area contributed by atoms with Crippen molar-refractivity contribution in [3.63, 3.8) is 0 Å². The molecule has 3 unspecified atom stereocenters. The molecule has 2 aliphatic rings. The van der Waals surface area contributed by atoms with Crippen molar-refractivity contribution < 1.29 is 19.5 Å². The van der Waals surface area contributed by atoms with Crippen molar-refractivity contribution in [2.24, 2.45) is 5.92 Å². The molecule has 4 rings (SSSR count). The quantitative estimate of drug-likeness (QED) is 0.428. The number of aryl methyl sites for hydroxylation is 1. The number of carbonyl (C=O) groups excluding carboxylic acids is 2. The zero-order chi connectivity index (χ0) is 21.1. The predicted molar refractivity (Wildman–Crippen MR) is 108 cm³/mol. The molecule has 4 atom stereocenters. The molecule has 1 aromatic carbocycles. The van der Waals surface area contributed by atoms with Crippen LogP contribution in [0.1, 0.15) is 30.0 Å². The van der Waals surface area contributed by atoms with Crippen LogP contribution in [0.5, 0.6) is 5.88 Å². The third-order valence-corrected chi connectivity index (χ3v) is 5.94. The van der Waals surface area contributed by atoms with E-state index < -0.39 is 17.9 Å². The number of ether oxygens (including phenoxy) is 1. The lowest BCUT2D eigenvalue weighted by molar-refractivity contribution is -0.144. The molecule has 2 aromatic rings. The van der Waals surface area contributed by atoms with Crippen molar-refractivity contribution in [1.82, 2.24) is 25.9 Å². The first-order chi connectivity index (χ1) is 14.5. The van der Waals surface area contributed by atoms with Gasteiger partial charge in [-0.1, -0.05) is 30.3 Å². The molecule has 0 aliphatic carbocycles. The average molecular weight is 413 g/mol. The molecule has 2 saturated heterocycles. The maximum atomic E-state index is 13.2. The Morgan fingerprint density at radius 1 is 1.30 bits per heavy atom. The number of nitrogens with one attached hydrogen (secondary N) is 3. The van der Waals surface area contributed by atoms with Gasteiger partial charge in [-0.2, -0.15) is 0 Å². The molecule has 2 aliphatic heterocycles. The van der Waals surface area contributed by atoms with Crippen molar-refractivity contribution >= 4 is 11.8 Å². The highest BCUT2D eigenvalue weighted by Gasteiger charge is 2.43. The Hall–Kier alpha value is -2.91. The lowest BCUT2D eigenvalue weighted by atomic mass is 9.87. The maximum absolute atomic E-state index is 13.2. The third-order valence-electron chi connectivity index (χ3n) is 5.94. The van der Waals surface area contributed by atoms with Gasteiger partial charge < -0.3 is 15.0 Å². The molecular formula is C21H27N5O4. The number of H-pyrrole nitrogens is 1. The molecule has 0 radical (unpaired) electrons. The van der Waals surface area contributed by atoms with Crippen LogP contribution in [0, 0.1) is 12.8 Å². The molecule has 2 amide bonds. The summed E-state index contributed by atoms with van der Waals surface area (Å²) >= 11 is 0. The van der Waals surface area contributed by atoms with Gasteiger partial charge in [0.25, 0.3) is 0 Å². The second-order valence-corrected chi connectivity index (χ2v) is 8.01. The predicted octanol–water partition coefficient (Wildman–Crippen LogP) is 0.965. The minimum atomic E-state index is -0.739. The Morgan fingerprint density at radius 2 is 2.10 bits per heavy atom. The van der Waals surface area contributed by atoms with Gasteiger partial charge in [0.15, 0.2) is 0 Å². The van der Waals surface area contributed by atoms with Crippen molar-refractivity contribution in [1.29, 1.82) is 0 Å². The minimum absolute atomic E-state index is 0.115. The van der Waals surface area contributed by atoms with Gasteiger partial charge in [0.1, 0.15) is 6.10 Å². The molecule has 1 aromatic heterocycles. The second kappa shape index (κ2) is 8.85. The van der Waals surface area contributed by atoms with E-state index in [1.165, 1.54) is 5.56 Å². The first-order valence-electron chi connectivity index (χ1n) is 10.2. The van der Waals surface area contributed by atoms with Crippen LogP contribution in [-0.2, 0) is 9.59 Å². The van der Waals surface area contributed by atoms with Gasteiger partial charge >= 0.3 is 0 Å². The van der Waals surface area contributed by atoms with Crippen LogP contribution in [0.4, 0.5) is 0 Å². The van der Waals surface area contributed by atoms with Crippen molar-refractivity contribution in [2.45, 2.75) is 37.8 Å². The summed E-state index contributed by atoms with van der Waals surface area (Å²) < 4.78 is 5.84. The number of aromatic nitrogens is 2. The van der Waals surface area contributed by atoms with Crippen LogP contribution >= 0.6 is 0 Å². The molecule has 0 spiro atoms. The van der Waals surface area contributed by atoms with Gasteiger partial charge in [0, 0.05) is 37.3 Å². The Labute approximate surface area is 174 Å². The number of hydroxylamine groups is 1. The number of hydrogen-bond donors (Lipinski definition) is 4. The average Bonchev–Trinajstić information content (AvgIpc) is 3.42. The number of piperidine rings is 1. The van der Waals surface area contributed by atoms with Gasteiger partial charge in [-0.05, 0) is 25.3 Å². The van der Waals surface area contributed by atoms with E-state index in [1.54, 1.807) is 11.5 Å². The zero-order valence-electron chi connectivity index (χ0n) is 16.9. The first kappa shape index (κ1) is 20.4. The maximum Gasteiger partial charge on any atom is 0.248 e.